The van der Waals surface area contributed by atoms with Crippen molar-refractivity contribution in [1.29, 1.82) is 0 Å². The average molecular weight is 352 g/mol. The summed E-state index contributed by atoms with van der Waals surface area (Å²) in [7, 11) is 1.81. The molecule has 3 atom stereocenters. The Morgan fingerprint density at radius 3 is 2.57 bits per heavy atom. The molecule has 1 fully saturated rings. The third-order valence-electron chi connectivity index (χ3n) is 4.45. The zero-order valence-corrected chi connectivity index (χ0v) is 14.3. The fourth-order valence-corrected chi connectivity index (χ4v) is 4.27. The van der Waals surface area contributed by atoms with Crippen LogP contribution in [0, 0.1) is 11.8 Å². The number of fused-ring (bicyclic) bond motifs is 1. The number of hydrogen-bond acceptors (Lipinski definition) is 3. The Kier molecular flexibility index (Phi) is 3.97. The van der Waals surface area contributed by atoms with Crippen molar-refractivity contribution < 1.29 is 4.79 Å². The topological polar surface area (TPSA) is 44.4 Å². The molecule has 0 radical (unpaired) electrons. The molecule has 3 unspecified atom stereocenters. The van der Waals surface area contributed by atoms with Crippen molar-refractivity contribution >= 4 is 33.2 Å². The summed E-state index contributed by atoms with van der Waals surface area (Å²) in [6.45, 7) is 6.77. The van der Waals surface area contributed by atoms with E-state index in [1.807, 2.05) is 7.05 Å². The molecule has 1 aromatic rings. The summed E-state index contributed by atoms with van der Waals surface area (Å²) < 4.78 is 1.07. The SMILES string of the molecule is CNC1C(=O)Nc2cc(N3CC(C)CC(C)C3)c(Br)cc21. The van der Waals surface area contributed by atoms with E-state index in [9.17, 15) is 4.79 Å². The van der Waals surface area contributed by atoms with Crippen LogP contribution in [-0.4, -0.2) is 26.0 Å². The average Bonchev–Trinajstić information content (AvgIpc) is 2.71. The summed E-state index contributed by atoms with van der Waals surface area (Å²) in [5.74, 6) is 1.43. The Bertz CT molecular complexity index is 565. The van der Waals surface area contributed by atoms with E-state index < -0.39 is 0 Å². The van der Waals surface area contributed by atoms with Crippen molar-refractivity contribution in [3.05, 3.63) is 22.2 Å². The van der Waals surface area contributed by atoms with Crippen molar-refractivity contribution in [2.45, 2.75) is 26.3 Å². The molecule has 0 saturated carbocycles. The molecule has 1 amide bonds. The maximum atomic E-state index is 12.0. The third-order valence-corrected chi connectivity index (χ3v) is 5.08. The molecule has 2 N–H and O–H groups in total. The van der Waals surface area contributed by atoms with Gasteiger partial charge in [0.1, 0.15) is 6.04 Å². The lowest BCUT2D eigenvalue weighted by molar-refractivity contribution is -0.117. The molecule has 3 rings (SSSR count). The molecule has 0 aromatic heterocycles. The zero-order valence-electron chi connectivity index (χ0n) is 12.7. The highest BCUT2D eigenvalue weighted by Gasteiger charge is 2.31. The molecule has 0 bridgehead atoms. The van der Waals surface area contributed by atoms with Gasteiger partial charge in [0.2, 0.25) is 5.91 Å². The van der Waals surface area contributed by atoms with E-state index in [1.54, 1.807) is 0 Å². The molecule has 0 aliphatic carbocycles. The van der Waals surface area contributed by atoms with Gasteiger partial charge in [-0.05, 0) is 53.4 Å². The van der Waals surface area contributed by atoms with E-state index in [-0.39, 0.29) is 11.9 Å². The molecule has 0 spiro atoms. The number of benzene rings is 1. The molecule has 2 heterocycles. The number of likely N-dealkylation sites (N-methyl/N-ethyl adjacent to an activating group) is 1. The highest BCUT2D eigenvalue weighted by atomic mass is 79.9. The summed E-state index contributed by atoms with van der Waals surface area (Å²) in [5.41, 5.74) is 3.14. The van der Waals surface area contributed by atoms with Gasteiger partial charge in [-0.25, -0.2) is 0 Å². The van der Waals surface area contributed by atoms with Gasteiger partial charge in [0.25, 0.3) is 0 Å². The van der Waals surface area contributed by atoms with Gasteiger partial charge in [-0.15, -0.1) is 0 Å². The first-order valence-electron chi connectivity index (χ1n) is 7.56. The van der Waals surface area contributed by atoms with Crippen LogP contribution in [-0.2, 0) is 4.79 Å². The molecule has 2 aliphatic heterocycles. The maximum Gasteiger partial charge on any atom is 0.246 e. The van der Waals surface area contributed by atoms with Gasteiger partial charge >= 0.3 is 0 Å². The number of halogens is 1. The van der Waals surface area contributed by atoms with Crippen LogP contribution in [0.15, 0.2) is 16.6 Å². The van der Waals surface area contributed by atoms with Crippen LogP contribution in [0.3, 0.4) is 0 Å². The van der Waals surface area contributed by atoms with Crippen molar-refractivity contribution in [2.75, 3.05) is 30.4 Å². The summed E-state index contributed by atoms with van der Waals surface area (Å²) in [4.78, 5) is 14.4. The van der Waals surface area contributed by atoms with Crippen LogP contribution in [0.2, 0.25) is 0 Å². The second-order valence-corrected chi connectivity index (χ2v) is 7.31. The molecule has 114 valence electrons. The zero-order chi connectivity index (χ0) is 15.1. The van der Waals surface area contributed by atoms with Crippen LogP contribution in [0.1, 0.15) is 31.9 Å². The molecule has 2 aliphatic rings. The highest BCUT2D eigenvalue weighted by molar-refractivity contribution is 9.10. The van der Waals surface area contributed by atoms with Gasteiger partial charge < -0.3 is 15.5 Å². The fourth-order valence-electron chi connectivity index (χ4n) is 3.66. The Labute approximate surface area is 134 Å². The predicted octanol–water partition coefficient (Wildman–Crippen LogP) is 3.14. The van der Waals surface area contributed by atoms with Gasteiger partial charge in [-0.1, -0.05) is 13.8 Å². The molecule has 1 saturated heterocycles. The Hall–Kier alpha value is -1.07. The fraction of sp³-hybridized carbons (Fsp3) is 0.562. The van der Waals surface area contributed by atoms with Crippen LogP contribution >= 0.6 is 15.9 Å². The molecular formula is C16H22BrN3O. The molecule has 21 heavy (non-hydrogen) atoms. The van der Waals surface area contributed by atoms with Crippen LogP contribution in [0.4, 0.5) is 11.4 Å². The van der Waals surface area contributed by atoms with Crippen molar-refractivity contribution in [3.8, 4) is 0 Å². The van der Waals surface area contributed by atoms with Gasteiger partial charge in [0.15, 0.2) is 0 Å². The Morgan fingerprint density at radius 2 is 1.95 bits per heavy atom. The van der Waals surface area contributed by atoms with E-state index >= 15 is 0 Å². The van der Waals surface area contributed by atoms with Gasteiger partial charge in [0, 0.05) is 28.8 Å². The minimum absolute atomic E-state index is 0.0249. The lowest BCUT2D eigenvalue weighted by Crippen LogP contribution is -2.38. The first-order chi connectivity index (χ1) is 9.99. The van der Waals surface area contributed by atoms with Crippen LogP contribution in [0.5, 0.6) is 0 Å². The standard InChI is InChI=1S/C16H22BrN3O/c1-9-4-10(2)8-20(7-9)14-6-13-11(5-12(14)17)15(18-3)16(21)19-13/h5-6,9-10,15,18H,4,7-8H2,1-3H3,(H,19,21). The number of carbonyl (C=O) groups is 1. The third kappa shape index (κ3) is 2.69. The largest absolute Gasteiger partial charge is 0.370 e. The van der Waals surface area contributed by atoms with E-state index in [0.29, 0.717) is 11.8 Å². The van der Waals surface area contributed by atoms with Gasteiger partial charge in [-0.3, -0.25) is 4.79 Å². The number of amides is 1. The van der Waals surface area contributed by atoms with Crippen molar-refractivity contribution in [2.24, 2.45) is 11.8 Å². The minimum Gasteiger partial charge on any atom is -0.370 e. The highest BCUT2D eigenvalue weighted by Crippen LogP contribution is 2.40. The monoisotopic (exact) mass is 351 g/mol. The number of nitrogens with one attached hydrogen (secondary N) is 2. The van der Waals surface area contributed by atoms with E-state index in [2.05, 4.69) is 57.4 Å². The molecule has 5 heteroatoms. The lowest BCUT2D eigenvalue weighted by atomic mass is 9.91. The predicted molar refractivity (Wildman–Crippen MR) is 89.7 cm³/mol. The summed E-state index contributed by atoms with van der Waals surface area (Å²) in [6.07, 6.45) is 1.29. The second-order valence-electron chi connectivity index (χ2n) is 6.45. The normalized spacial score (nSPS) is 28.5. The molecule has 1 aromatic carbocycles. The van der Waals surface area contributed by atoms with Crippen molar-refractivity contribution in [1.82, 2.24) is 5.32 Å². The summed E-state index contributed by atoms with van der Waals surface area (Å²) in [5, 5.41) is 6.04. The number of hydrogen-bond donors (Lipinski definition) is 2. The summed E-state index contributed by atoms with van der Waals surface area (Å²) >= 11 is 3.69. The van der Waals surface area contributed by atoms with E-state index in [1.165, 1.54) is 12.1 Å². The van der Waals surface area contributed by atoms with E-state index in [4.69, 9.17) is 0 Å². The van der Waals surface area contributed by atoms with Crippen LogP contribution in [0.25, 0.3) is 0 Å². The smallest absolute Gasteiger partial charge is 0.246 e. The molecular weight excluding hydrogens is 330 g/mol. The van der Waals surface area contributed by atoms with Crippen LogP contribution < -0.4 is 15.5 Å². The Balaban J connectivity index is 1.95. The number of nitrogens with zero attached hydrogens (tertiary/aromatic N) is 1. The first-order valence-corrected chi connectivity index (χ1v) is 8.35. The lowest BCUT2D eigenvalue weighted by Gasteiger charge is -2.37. The minimum atomic E-state index is -0.246. The number of anilines is 2. The number of carbonyl (C=O) groups excluding carboxylic acids is 1. The van der Waals surface area contributed by atoms with E-state index in [0.717, 1.165) is 28.8 Å². The van der Waals surface area contributed by atoms with Crippen molar-refractivity contribution in [3.63, 3.8) is 0 Å². The number of piperidine rings is 1. The maximum absolute atomic E-state index is 12.0. The summed E-state index contributed by atoms with van der Waals surface area (Å²) in [6, 6.07) is 3.94. The Morgan fingerprint density at radius 1 is 1.29 bits per heavy atom. The number of rotatable bonds is 2. The second kappa shape index (κ2) is 5.61. The van der Waals surface area contributed by atoms with Gasteiger partial charge in [-0.2, -0.15) is 0 Å². The quantitative estimate of drug-likeness (QED) is 0.860. The molecule has 4 nitrogen and oxygen atoms in total. The first kappa shape index (κ1) is 14.9. The van der Waals surface area contributed by atoms with Gasteiger partial charge in [0.05, 0.1) is 5.69 Å².